The van der Waals surface area contributed by atoms with Gasteiger partial charge in [0, 0.05) is 31.5 Å². The second-order valence-corrected chi connectivity index (χ2v) is 10.7. The van der Waals surface area contributed by atoms with E-state index < -0.39 is 27.7 Å². The fourth-order valence-corrected chi connectivity index (χ4v) is 5.29. The second-order valence-electron chi connectivity index (χ2n) is 7.51. The third-order valence-corrected chi connectivity index (χ3v) is 7.97. The van der Waals surface area contributed by atoms with Crippen LogP contribution in [-0.4, -0.2) is 37.7 Å². The molecule has 2 aromatic carbocycles. The maximum absolute atomic E-state index is 13.2. The number of pyridine rings is 1. The highest BCUT2D eigenvalue weighted by Gasteiger charge is 2.32. The number of nitrogens with one attached hydrogen (secondary N) is 1. The number of carbonyl (C=O) groups is 1. The molecule has 6 nitrogen and oxygen atoms in total. The molecule has 4 rings (SSSR count). The number of anilines is 1. The number of fused-ring (bicyclic) bond motifs is 1. The molecule has 0 aliphatic heterocycles. The number of sulfonamides is 1. The SMILES string of the molecule is CN(C)S(=O)(=O)c1ccc(NC(=O)c2sc3cc(C(F)(F)F)cnc3c2-c2ccccc2)cc1. The van der Waals surface area contributed by atoms with Crippen LogP contribution in [0.4, 0.5) is 18.9 Å². The number of nitrogens with zero attached hydrogens (tertiary/aromatic N) is 2. The Hall–Kier alpha value is -3.28. The average Bonchev–Trinajstić information content (AvgIpc) is 3.18. The first-order valence-electron chi connectivity index (χ1n) is 9.87. The van der Waals surface area contributed by atoms with Gasteiger partial charge in [-0.25, -0.2) is 12.7 Å². The monoisotopic (exact) mass is 505 g/mol. The van der Waals surface area contributed by atoms with Crippen LogP contribution in [0.2, 0.25) is 0 Å². The zero-order valence-corrected chi connectivity index (χ0v) is 19.6. The molecule has 0 radical (unpaired) electrons. The molecule has 0 atom stereocenters. The minimum atomic E-state index is -4.56. The zero-order valence-electron chi connectivity index (χ0n) is 17.9. The highest BCUT2D eigenvalue weighted by molar-refractivity contribution is 7.89. The Bertz CT molecular complexity index is 1460. The minimum absolute atomic E-state index is 0.0613. The third-order valence-electron chi connectivity index (χ3n) is 5.02. The molecule has 176 valence electrons. The quantitative estimate of drug-likeness (QED) is 0.389. The molecular weight excluding hydrogens is 487 g/mol. The lowest BCUT2D eigenvalue weighted by molar-refractivity contribution is -0.137. The van der Waals surface area contributed by atoms with Crippen LogP contribution >= 0.6 is 11.3 Å². The highest BCUT2D eigenvalue weighted by Crippen LogP contribution is 2.40. The predicted octanol–water partition coefficient (Wildman–Crippen LogP) is 5.48. The van der Waals surface area contributed by atoms with E-state index in [0.717, 1.165) is 27.9 Å². The summed E-state index contributed by atoms with van der Waals surface area (Å²) in [6.45, 7) is 0. The topological polar surface area (TPSA) is 79.4 Å². The van der Waals surface area contributed by atoms with Gasteiger partial charge in [0.15, 0.2) is 0 Å². The van der Waals surface area contributed by atoms with Crippen LogP contribution in [0.5, 0.6) is 0 Å². The van der Waals surface area contributed by atoms with Gasteiger partial charge in [-0.05, 0) is 35.9 Å². The van der Waals surface area contributed by atoms with Crippen molar-refractivity contribution >= 4 is 43.2 Å². The lowest BCUT2D eigenvalue weighted by Gasteiger charge is -2.12. The van der Waals surface area contributed by atoms with E-state index in [1.165, 1.54) is 38.4 Å². The maximum Gasteiger partial charge on any atom is 0.417 e. The number of thiophene rings is 1. The van der Waals surface area contributed by atoms with Crippen molar-refractivity contribution in [2.24, 2.45) is 0 Å². The van der Waals surface area contributed by atoms with Crippen molar-refractivity contribution in [3.8, 4) is 11.1 Å². The summed E-state index contributed by atoms with van der Waals surface area (Å²) in [5.41, 5.74) is 0.799. The van der Waals surface area contributed by atoms with Crippen molar-refractivity contribution in [1.82, 2.24) is 9.29 Å². The molecule has 1 N–H and O–H groups in total. The number of aromatic nitrogens is 1. The summed E-state index contributed by atoms with van der Waals surface area (Å²) in [6, 6.07) is 15.4. The van der Waals surface area contributed by atoms with Crippen molar-refractivity contribution in [2.45, 2.75) is 11.1 Å². The smallest absolute Gasteiger partial charge is 0.321 e. The number of alkyl halides is 3. The molecule has 2 aromatic heterocycles. The van der Waals surface area contributed by atoms with Gasteiger partial charge in [0.05, 0.1) is 20.7 Å². The fourth-order valence-electron chi connectivity index (χ4n) is 3.28. The summed E-state index contributed by atoms with van der Waals surface area (Å²) in [5, 5.41) is 2.70. The molecule has 2 heterocycles. The van der Waals surface area contributed by atoms with Crippen molar-refractivity contribution in [3.05, 3.63) is 77.3 Å². The summed E-state index contributed by atoms with van der Waals surface area (Å²) in [6.07, 6.45) is -3.80. The summed E-state index contributed by atoms with van der Waals surface area (Å²) < 4.78 is 65.4. The van der Waals surface area contributed by atoms with E-state index in [4.69, 9.17) is 0 Å². The van der Waals surface area contributed by atoms with Crippen LogP contribution in [0.25, 0.3) is 21.3 Å². The normalized spacial score (nSPS) is 12.3. The maximum atomic E-state index is 13.2. The Labute approximate surface area is 197 Å². The van der Waals surface area contributed by atoms with Crippen LogP contribution in [0.3, 0.4) is 0 Å². The van der Waals surface area contributed by atoms with E-state index in [1.807, 2.05) is 0 Å². The van der Waals surface area contributed by atoms with E-state index in [-0.39, 0.29) is 14.5 Å². The van der Waals surface area contributed by atoms with Gasteiger partial charge in [0.25, 0.3) is 5.91 Å². The van der Waals surface area contributed by atoms with Gasteiger partial charge in [0.1, 0.15) is 4.88 Å². The van der Waals surface area contributed by atoms with Crippen molar-refractivity contribution in [2.75, 3.05) is 19.4 Å². The molecule has 0 spiro atoms. The molecule has 0 bridgehead atoms. The van der Waals surface area contributed by atoms with Crippen LogP contribution < -0.4 is 5.32 Å². The van der Waals surface area contributed by atoms with E-state index in [2.05, 4.69) is 10.3 Å². The number of hydrogen-bond acceptors (Lipinski definition) is 5. The first-order chi connectivity index (χ1) is 16.0. The van der Waals surface area contributed by atoms with E-state index in [0.29, 0.717) is 22.3 Å². The summed E-state index contributed by atoms with van der Waals surface area (Å²) >= 11 is 0.911. The van der Waals surface area contributed by atoms with Gasteiger partial charge >= 0.3 is 6.18 Å². The second kappa shape index (κ2) is 8.82. The molecule has 11 heteroatoms. The number of benzene rings is 2. The third kappa shape index (κ3) is 4.54. The van der Waals surface area contributed by atoms with Gasteiger partial charge in [-0.15, -0.1) is 11.3 Å². The van der Waals surface area contributed by atoms with E-state index in [9.17, 15) is 26.4 Å². The van der Waals surface area contributed by atoms with Gasteiger partial charge in [-0.3, -0.25) is 9.78 Å². The molecule has 0 aliphatic rings. The Balaban J connectivity index is 1.75. The summed E-state index contributed by atoms with van der Waals surface area (Å²) in [7, 11) is -0.803. The average molecular weight is 506 g/mol. The van der Waals surface area contributed by atoms with Crippen LogP contribution in [-0.2, 0) is 16.2 Å². The summed E-state index contributed by atoms with van der Waals surface area (Å²) in [5.74, 6) is -0.543. The Morgan fingerprint density at radius 3 is 2.26 bits per heavy atom. The number of hydrogen-bond donors (Lipinski definition) is 1. The molecule has 0 aliphatic carbocycles. The number of halogens is 3. The number of carbonyl (C=O) groups excluding carboxylic acids is 1. The Morgan fingerprint density at radius 1 is 1.03 bits per heavy atom. The molecule has 34 heavy (non-hydrogen) atoms. The lowest BCUT2D eigenvalue weighted by Crippen LogP contribution is -2.22. The summed E-state index contributed by atoms with van der Waals surface area (Å²) in [4.78, 5) is 17.5. The Kier molecular flexibility index (Phi) is 6.19. The molecule has 0 unspecified atom stereocenters. The zero-order chi connectivity index (χ0) is 24.7. The molecule has 4 aromatic rings. The van der Waals surface area contributed by atoms with Crippen molar-refractivity contribution in [1.29, 1.82) is 0 Å². The van der Waals surface area contributed by atoms with Crippen LogP contribution in [0.15, 0.2) is 71.8 Å². The predicted molar refractivity (Wildman–Crippen MR) is 125 cm³/mol. The molecular formula is C23H18F3N3O3S2. The van der Waals surface area contributed by atoms with Crippen molar-refractivity contribution < 1.29 is 26.4 Å². The van der Waals surface area contributed by atoms with Gasteiger partial charge in [-0.2, -0.15) is 13.2 Å². The number of rotatable bonds is 5. The Morgan fingerprint density at radius 2 is 1.68 bits per heavy atom. The van der Waals surface area contributed by atoms with Gasteiger partial charge in [-0.1, -0.05) is 30.3 Å². The molecule has 0 saturated carbocycles. The molecule has 0 saturated heterocycles. The number of amides is 1. The van der Waals surface area contributed by atoms with Crippen LogP contribution in [0, 0.1) is 0 Å². The molecule has 1 amide bonds. The molecule has 0 fully saturated rings. The van der Waals surface area contributed by atoms with E-state index >= 15 is 0 Å². The van der Waals surface area contributed by atoms with E-state index in [1.54, 1.807) is 30.3 Å². The minimum Gasteiger partial charge on any atom is -0.321 e. The van der Waals surface area contributed by atoms with Gasteiger partial charge in [0.2, 0.25) is 10.0 Å². The van der Waals surface area contributed by atoms with Crippen LogP contribution in [0.1, 0.15) is 15.2 Å². The lowest BCUT2D eigenvalue weighted by atomic mass is 10.0. The largest absolute Gasteiger partial charge is 0.417 e. The first kappa shape index (κ1) is 23.9. The van der Waals surface area contributed by atoms with Crippen molar-refractivity contribution in [3.63, 3.8) is 0 Å². The first-order valence-corrected chi connectivity index (χ1v) is 12.1. The highest BCUT2D eigenvalue weighted by atomic mass is 32.2. The fraction of sp³-hybridized carbons (Fsp3) is 0.130. The van der Waals surface area contributed by atoms with Gasteiger partial charge < -0.3 is 5.32 Å². The standard InChI is InChI=1S/C23H18F3N3O3S2/c1-29(2)34(31,32)17-10-8-16(9-11-17)28-22(30)21-19(14-6-4-3-5-7-14)20-18(33-21)12-15(13-27-20)23(24,25)26/h3-13H,1-2H3,(H,28,30).